The first-order valence-electron chi connectivity index (χ1n) is 8.81. The number of carbonyl (C=O) groups is 1. The van der Waals surface area contributed by atoms with E-state index in [1.807, 2.05) is 0 Å². The number of methoxy groups -OCH3 is 2. The number of rotatable bonds is 7. The molecule has 0 saturated heterocycles. The van der Waals surface area contributed by atoms with Gasteiger partial charge in [0.05, 0.1) is 30.2 Å². The fourth-order valence-electron chi connectivity index (χ4n) is 2.85. The zero-order chi connectivity index (χ0) is 22.8. The number of alkyl halides is 3. The van der Waals surface area contributed by atoms with Crippen molar-refractivity contribution in [2.24, 2.45) is 0 Å². The Labute approximate surface area is 177 Å². The lowest BCUT2D eigenvalue weighted by molar-refractivity contribution is -0.728. The molecule has 1 amide bonds. The molecule has 1 heterocycles. The highest BCUT2D eigenvalue weighted by Gasteiger charge is 2.35. The van der Waals surface area contributed by atoms with E-state index in [0.717, 1.165) is 11.6 Å². The van der Waals surface area contributed by atoms with Crippen molar-refractivity contribution in [2.75, 3.05) is 20.8 Å². The molecule has 0 radical (unpaired) electrons. The number of fused-ring (bicyclic) bond motifs is 1. The van der Waals surface area contributed by atoms with Gasteiger partial charge in [0.2, 0.25) is 0 Å². The Morgan fingerprint density at radius 2 is 1.90 bits per heavy atom. The Hall–Kier alpha value is -3.41. The number of amides is 1. The van der Waals surface area contributed by atoms with Crippen LogP contribution in [0.1, 0.15) is 20.9 Å². The second-order valence-corrected chi connectivity index (χ2v) is 7.33. The van der Waals surface area contributed by atoms with Gasteiger partial charge < -0.3 is 14.8 Å². The van der Waals surface area contributed by atoms with E-state index in [1.54, 1.807) is 18.2 Å². The van der Waals surface area contributed by atoms with Gasteiger partial charge in [-0.1, -0.05) is 6.07 Å². The molecule has 164 valence electrons. The summed E-state index contributed by atoms with van der Waals surface area (Å²) in [6, 6.07) is 6.52. The van der Waals surface area contributed by atoms with Gasteiger partial charge in [0.15, 0.2) is 16.5 Å². The molecule has 3 aromatic rings. The highest BCUT2D eigenvalue weighted by atomic mass is 32.1. The van der Waals surface area contributed by atoms with E-state index >= 15 is 0 Å². The number of thiazole rings is 1. The van der Waals surface area contributed by atoms with Crippen LogP contribution in [-0.4, -0.2) is 41.8 Å². The number of carbonyl (C=O) groups excluding carboxylic acids is 1. The fourth-order valence-corrected chi connectivity index (χ4v) is 3.80. The number of nitrogens with one attached hydrogen (secondary N) is 1. The molecule has 0 aliphatic rings. The quantitative estimate of drug-likeness (QED) is 0.519. The zero-order valence-electron chi connectivity index (χ0n) is 16.3. The van der Waals surface area contributed by atoms with Crippen molar-refractivity contribution in [3.05, 3.63) is 51.4 Å². The highest BCUT2D eigenvalue weighted by Crippen LogP contribution is 2.38. The Kier molecular flexibility index (Phi) is 6.29. The SMILES string of the molecule is COc1ccc(CCNC(=O)c2nc3cc(C(F)(F)F)cc([N+](=O)O)c3s2)cc1OC. The molecule has 12 heteroatoms. The molecule has 0 atom stereocenters. The average molecular weight is 456 g/mol. The van der Waals surface area contributed by atoms with E-state index < -0.39 is 28.3 Å². The first-order chi connectivity index (χ1) is 14.6. The zero-order valence-corrected chi connectivity index (χ0v) is 17.1. The lowest BCUT2D eigenvalue weighted by Crippen LogP contribution is -2.25. The molecule has 8 nitrogen and oxygen atoms in total. The van der Waals surface area contributed by atoms with Crippen molar-refractivity contribution < 1.29 is 37.6 Å². The molecule has 1 aromatic heterocycles. The predicted molar refractivity (Wildman–Crippen MR) is 105 cm³/mol. The summed E-state index contributed by atoms with van der Waals surface area (Å²) < 4.78 is 49.4. The van der Waals surface area contributed by atoms with Crippen LogP contribution in [0.4, 0.5) is 18.9 Å². The van der Waals surface area contributed by atoms with Gasteiger partial charge in [0, 0.05) is 12.6 Å². The van der Waals surface area contributed by atoms with Gasteiger partial charge in [-0.05, 0) is 30.2 Å². The van der Waals surface area contributed by atoms with Crippen molar-refractivity contribution in [2.45, 2.75) is 12.6 Å². The summed E-state index contributed by atoms with van der Waals surface area (Å²) >= 11 is 0.708. The lowest BCUT2D eigenvalue weighted by Gasteiger charge is -2.09. The van der Waals surface area contributed by atoms with Crippen molar-refractivity contribution in [1.29, 1.82) is 0 Å². The van der Waals surface area contributed by atoms with Crippen molar-refractivity contribution in [3.8, 4) is 11.5 Å². The summed E-state index contributed by atoms with van der Waals surface area (Å²) in [6.45, 7) is 0.221. The second-order valence-electron chi connectivity index (χ2n) is 6.33. The van der Waals surface area contributed by atoms with Crippen LogP contribution in [0.2, 0.25) is 0 Å². The van der Waals surface area contributed by atoms with Gasteiger partial charge in [-0.2, -0.15) is 13.2 Å². The Balaban J connectivity index is 1.77. The maximum Gasteiger partial charge on any atom is 0.416 e. The van der Waals surface area contributed by atoms with Crippen LogP contribution >= 0.6 is 11.3 Å². The Morgan fingerprint density at radius 3 is 2.52 bits per heavy atom. The fraction of sp³-hybridized carbons (Fsp3) is 0.263. The van der Waals surface area contributed by atoms with Gasteiger partial charge in [-0.3, -0.25) is 4.79 Å². The first kappa shape index (κ1) is 22.3. The number of hydrogen-bond acceptors (Lipinski definition) is 6. The summed E-state index contributed by atoms with van der Waals surface area (Å²) in [7, 11) is 3.02. The molecule has 0 aliphatic carbocycles. The van der Waals surface area contributed by atoms with Crippen LogP contribution in [0.25, 0.3) is 10.2 Å². The van der Waals surface area contributed by atoms with E-state index in [0.29, 0.717) is 35.3 Å². The van der Waals surface area contributed by atoms with Crippen LogP contribution in [-0.2, 0) is 12.6 Å². The molecule has 0 fully saturated rings. The minimum atomic E-state index is -4.75. The van der Waals surface area contributed by atoms with E-state index in [1.165, 1.54) is 14.2 Å². The molecule has 0 spiro atoms. The number of benzene rings is 2. The Morgan fingerprint density at radius 1 is 1.19 bits per heavy atom. The third-order valence-corrected chi connectivity index (χ3v) is 5.44. The molecule has 0 aliphatic heterocycles. The third kappa shape index (κ3) is 4.85. The first-order valence-corrected chi connectivity index (χ1v) is 9.62. The number of nitrogens with zero attached hydrogens (tertiary/aromatic N) is 2. The molecular weight excluding hydrogens is 439 g/mol. The lowest BCUT2D eigenvalue weighted by atomic mass is 10.1. The molecule has 31 heavy (non-hydrogen) atoms. The van der Waals surface area contributed by atoms with Gasteiger partial charge in [-0.15, -0.1) is 11.3 Å². The molecular formula is C19H17F3N3O5S+. The van der Waals surface area contributed by atoms with Gasteiger partial charge in [0.1, 0.15) is 4.70 Å². The van der Waals surface area contributed by atoms with Gasteiger partial charge in [-0.25, -0.2) is 10.2 Å². The second kappa shape index (κ2) is 8.76. The van der Waals surface area contributed by atoms with Crippen molar-refractivity contribution >= 4 is 33.1 Å². The largest absolute Gasteiger partial charge is 0.493 e. The van der Waals surface area contributed by atoms with Gasteiger partial charge >= 0.3 is 11.9 Å². The normalized spacial score (nSPS) is 11.4. The number of halogens is 3. The van der Waals surface area contributed by atoms with E-state index in [-0.39, 0.29) is 21.8 Å². The highest BCUT2D eigenvalue weighted by molar-refractivity contribution is 7.20. The number of aromatic nitrogens is 1. The molecule has 2 aromatic carbocycles. The molecule has 0 bridgehead atoms. The van der Waals surface area contributed by atoms with Crippen LogP contribution < -0.4 is 14.8 Å². The smallest absolute Gasteiger partial charge is 0.416 e. The van der Waals surface area contributed by atoms with Crippen LogP contribution in [0.15, 0.2) is 30.3 Å². The molecule has 3 rings (SSSR count). The monoisotopic (exact) mass is 456 g/mol. The summed E-state index contributed by atoms with van der Waals surface area (Å²) in [5.74, 6) is 0.489. The summed E-state index contributed by atoms with van der Waals surface area (Å²) in [5, 5.41) is 11.7. The maximum absolute atomic E-state index is 13.0. The number of hydrogen-bond donors (Lipinski definition) is 2. The minimum absolute atomic E-state index is 0.0319. The predicted octanol–water partition coefficient (Wildman–Crippen LogP) is 4.10. The Bertz CT molecular complexity index is 1150. The van der Waals surface area contributed by atoms with E-state index in [2.05, 4.69) is 10.3 Å². The van der Waals surface area contributed by atoms with E-state index in [9.17, 15) is 28.1 Å². The summed E-state index contributed by atoms with van der Waals surface area (Å²) in [4.78, 5) is 26.9. The van der Waals surface area contributed by atoms with Crippen molar-refractivity contribution in [1.82, 2.24) is 10.3 Å². The topological polar surface area (TPSA) is 101 Å². The summed E-state index contributed by atoms with van der Waals surface area (Å²) in [5.41, 5.74) is -1.14. The molecule has 0 unspecified atom stereocenters. The van der Waals surface area contributed by atoms with E-state index in [4.69, 9.17) is 9.47 Å². The molecule has 2 N–H and O–H groups in total. The minimum Gasteiger partial charge on any atom is -0.493 e. The number of ether oxygens (including phenoxy) is 2. The summed E-state index contributed by atoms with van der Waals surface area (Å²) in [6.07, 6.45) is -4.30. The maximum atomic E-state index is 13.0. The molecule has 0 saturated carbocycles. The van der Waals surface area contributed by atoms with Crippen LogP contribution in [0.3, 0.4) is 0 Å². The van der Waals surface area contributed by atoms with Crippen LogP contribution in [0.5, 0.6) is 11.5 Å². The van der Waals surface area contributed by atoms with Crippen molar-refractivity contribution in [3.63, 3.8) is 0 Å². The van der Waals surface area contributed by atoms with Gasteiger partial charge in [0.25, 0.3) is 10.8 Å². The van der Waals surface area contributed by atoms with Crippen LogP contribution in [0, 0.1) is 4.91 Å². The average Bonchev–Trinajstić information content (AvgIpc) is 3.16. The standard InChI is InChI=1S/C19H16F3N3O5S/c1-29-14-4-3-10(7-15(14)30-2)5-6-23-17(26)18-24-12-8-11(19(20,21)22)9-13(25(27)28)16(12)31-18/h3-4,7-9H,5-6H2,1-2H3,(H-,23,26,27,28)/p+1. The third-order valence-electron chi connectivity index (χ3n) is 4.35.